The number of aromatic hydroxyl groups is 1. The van der Waals surface area contributed by atoms with Gasteiger partial charge in [0.15, 0.2) is 11.5 Å². The van der Waals surface area contributed by atoms with Gasteiger partial charge >= 0.3 is 0 Å². The number of nitrogens with zero attached hydrogens (tertiary/aromatic N) is 2. The largest absolute Gasteiger partial charge is 0.504 e. The molecule has 2 aromatic rings. The van der Waals surface area contributed by atoms with Crippen LogP contribution in [-0.4, -0.2) is 29.1 Å². The highest BCUT2D eigenvalue weighted by atomic mass is 16.6. The summed E-state index contributed by atoms with van der Waals surface area (Å²) in [6.45, 7) is 2.21. The van der Waals surface area contributed by atoms with E-state index in [1.807, 2.05) is 30.3 Å². The van der Waals surface area contributed by atoms with E-state index < -0.39 is 10.8 Å². The first-order chi connectivity index (χ1) is 14.0. The molecule has 1 amide bonds. The molecular weight excluding hydrogens is 374 g/mol. The number of nitro benzene ring substituents is 1. The highest BCUT2D eigenvalue weighted by Crippen LogP contribution is 2.36. The Labute approximate surface area is 168 Å². The SMILES string of the molecule is CCOc1cc([N+](=O)[O-])cc(/C=C(/C#N)C(=O)NCCCc2ccccc2)c1O. The van der Waals surface area contributed by atoms with Crippen molar-refractivity contribution in [3.8, 4) is 17.6 Å². The van der Waals surface area contributed by atoms with Crippen LogP contribution in [0.3, 0.4) is 0 Å². The van der Waals surface area contributed by atoms with Gasteiger partial charge < -0.3 is 15.2 Å². The summed E-state index contributed by atoms with van der Waals surface area (Å²) in [5.74, 6) is -1.08. The smallest absolute Gasteiger partial charge is 0.274 e. The number of nitro groups is 1. The molecule has 8 nitrogen and oxygen atoms in total. The van der Waals surface area contributed by atoms with E-state index in [1.54, 1.807) is 13.0 Å². The predicted molar refractivity (Wildman–Crippen MR) is 107 cm³/mol. The minimum Gasteiger partial charge on any atom is -0.504 e. The number of nitrogens with one attached hydrogen (secondary N) is 1. The summed E-state index contributed by atoms with van der Waals surface area (Å²) in [6.07, 6.45) is 2.57. The van der Waals surface area contributed by atoms with Crippen LogP contribution in [0.5, 0.6) is 11.5 Å². The first-order valence-electron chi connectivity index (χ1n) is 9.04. The maximum Gasteiger partial charge on any atom is 0.274 e. The maximum absolute atomic E-state index is 12.3. The van der Waals surface area contributed by atoms with Gasteiger partial charge in [0.05, 0.1) is 17.6 Å². The standard InChI is InChI=1S/C21H21N3O5/c1-2-29-19-13-18(24(27)28)12-16(20(19)25)11-17(14-22)21(26)23-10-6-9-15-7-4-3-5-8-15/h3-5,7-8,11-13,25H,2,6,9-10H2,1H3,(H,23,26)/b17-11-. The van der Waals surface area contributed by atoms with Gasteiger partial charge in [-0.3, -0.25) is 14.9 Å². The van der Waals surface area contributed by atoms with E-state index in [9.17, 15) is 25.3 Å². The number of carbonyl (C=O) groups excluding carboxylic acids is 1. The summed E-state index contributed by atoms with van der Waals surface area (Å²) in [5, 5.41) is 33.3. The number of ether oxygens (including phenoxy) is 1. The number of non-ortho nitro benzene ring substituents is 1. The summed E-state index contributed by atoms with van der Waals surface area (Å²) in [5.41, 5.74) is 0.502. The van der Waals surface area contributed by atoms with E-state index in [4.69, 9.17) is 4.74 Å². The van der Waals surface area contributed by atoms with Crippen LogP contribution in [0.15, 0.2) is 48.0 Å². The van der Waals surface area contributed by atoms with Crippen molar-refractivity contribution in [2.45, 2.75) is 19.8 Å². The fourth-order valence-electron chi connectivity index (χ4n) is 2.63. The van der Waals surface area contributed by atoms with Gasteiger partial charge in [-0.1, -0.05) is 30.3 Å². The van der Waals surface area contributed by atoms with Crippen LogP contribution in [0.2, 0.25) is 0 Å². The lowest BCUT2D eigenvalue weighted by molar-refractivity contribution is -0.385. The van der Waals surface area contributed by atoms with Crippen LogP contribution in [0, 0.1) is 21.4 Å². The minimum atomic E-state index is -0.644. The lowest BCUT2D eigenvalue weighted by Crippen LogP contribution is -2.25. The van der Waals surface area contributed by atoms with E-state index in [0.717, 1.165) is 30.2 Å². The van der Waals surface area contributed by atoms with Crippen molar-refractivity contribution in [1.29, 1.82) is 5.26 Å². The second kappa shape index (κ2) is 10.5. The van der Waals surface area contributed by atoms with Crippen molar-refractivity contribution >= 4 is 17.7 Å². The molecule has 150 valence electrons. The van der Waals surface area contributed by atoms with Crippen molar-refractivity contribution in [2.24, 2.45) is 0 Å². The number of benzene rings is 2. The van der Waals surface area contributed by atoms with Crippen LogP contribution in [0.1, 0.15) is 24.5 Å². The van der Waals surface area contributed by atoms with Gasteiger partial charge in [0, 0.05) is 18.2 Å². The highest BCUT2D eigenvalue weighted by Gasteiger charge is 2.18. The van der Waals surface area contributed by atoms with Gasteiger partial charge in [0.1, 0.15) is 11.6 Å². The molecule has 0 aromatic heterocycles. The molecular formula is C21H21N3O5. The quantitative estimate of drug-likeness (QED) is 0.220. The molecule has 0 aliphatic rings. The minimum absolute atomic E-state index is 0.0429. The Bertz CT molecular complexity index is 949. The van der Waals surface area contributed by atoms with Gasteiger partial charge in [-0.25, -0.2) is 0 Å². The molecule has 0 radical (unpaired) electrons. The number of phenolic OH excluding ortho intramolecular Hbond substituents is 1. The van der Waals surface area contributed by atoms with Crippen molar-refractivity contribution in [1.82, 2.24) is 5.32 Å². The van der Waals surface area contributed by atoms with Gasteiger partial charge in [-0.2, -0.15) is 5.26 Å². The molecule has 2 rings (SSSR count). The molecule has 0 aliphatic carbocycles. The van der Waals surface area contributed by atoms with Crippen molar-refractivity contribution in [3.05, 3.63) is 69.3 Å². The highest BCUT2D eigenvalue weighted by molar-refractivity contribution is 6.02. The number of carbonyl (C=O) groups is 1. The third kappa shape index (κ3) is 6.07. The zero-order valence-corrected chi connectivity index (χ0v) is 15.9. The number of aryl methyl sites for hydroxylation is 1. The summed E-state index contributed by atoms with van der Waals surface area (Å²) in [7, 11) is 0. The van der Waals surface area contributed by atoms with E-state index in [2.05, 4.69) is 5.32 Å². The topological polar surface area (TPSA) is 125 Å². The Kier molecular flexibility index (Phi) is 7.74. The average molecular weight is 395 g/mol. The van der Waals surface area contributed by atoms with Gasteiger partial charge in [-0.15, -0.1) is 0 Å². The Balaban J connectivity index is 2.12. The predicted octanol–water partition coefficient (Wildman–Crippen LogP) is 3.36. The summed E-state index contributed by atoms with van der Waals surface area (Å²) in [4.78, 5) is 22.7. The second-order valence-electron chi connectivity index (χ2n) is 6.09. The van der Waals surface area contributed by atoms with Crippen LogP contribution < -0.4 is 10.1 Å². The van der Waals surface area contributed by atoms with Gasteiger partial charge in [-0.05, 0) is 31.4 Å². The summed E-state index contributed by atoms with van der Waals surface area (Å²) < 4.78 is 5.20. The first kappa shape index (κ1) is 21.4. The lowest BCUT2D eigenvalue weighted by Gasteiger charge is -2.09. The molecule has 0 saturated heterocycles. The third-order valence-corrected chi connectivity index (χ3v) is 4.04. The number of phenols is 1. The van der Waals surface area contributed by atoms with E-state index in [-0.39, 0.29) is 34.9 Å². The zero-order chi connectivity index (χ0) is 21.2. The molecule has 2 aromatic carbocycles. The van der Waals surface area contributed by atoms with Crippen molar-refractivity contribution in [3.63, 3.8) is 0 Å². The third-order valence-electron chi connectivity index (χ3n) is 4.04. The van der Waals surface area contributed by atoms with E-state index >= 15 is 0 Å². The number of hydrogen-bond acceptors (Lipinski definition) is 6. The molecule has 0 heterocycles. The van der Waals surface area contributed by atoms with Crippen LogP contribution in [0.4, 0.5) is 5.69 Å². The zero-order valence-electron chi connectivity index (χ0n) is 15.9. The summed E-state index contributed by atoms with van der Waals surface area (Å²) >= 11 is 0. The number of amides is 1. The number of rotatable bonds is 9. The van der Waals surface area contributed by atoms with Crippen molar-refractivity contribution < 1.29 is 19.6 Å². The Hall–Kier alpha value is -3.86. The molecule has 0 spiro atoms. The molecule has 8 heteroatoms. The Morgan fingerprint density at radius 3 is 2.69 bits per heavy atom. The fraction of sp³-hybridized carbons (Fsp3) is 0.238. The summed E-state index contributed by atoms with van der Waals surface area (Å²) in [6, 6.07) is 13.7. The van der Waals surface area contributed by atoms with Gasteiger partial charge in [0.25, 0.3) is 11.6 Å². The molecule has 0 unspecified atom stereocenters. The van der Waals surface area contributed by atoms with Crippen molar-refractivity contribution in [2.75, 3.05) is 13.2 Å². The van der Waals surface area contributed by atoms with Crippen LogP contribution >= 0.6 is 0 Å². The molecule has 2 N–H and O–H groups in total. The monoisotopic (exact) mass is 395 g/mol. The normalized spacial score (nSPS) is 10.8. The second-order valence-corrected chi connectivity index (χ2v) is 6.09. The fourth-order valence-corrected chi connectivity index (χ4v) is 2.63. The Morgan fingerprint density at radius 1 is 1.34 bits per heavy atom. The Morgan fingerprint density at radius 2 is 2.07 bits per heavy atom. The van der Waals surface area contributed by atoms with Gasteiger partial charge in [0.2, 0.25) is 0 Å². The molecule has 0 aliphatic heterocycles. The van der Waals surface area contributed by atoms with Crippen LogP contribution in [-0.2, 0) is 11.2 Å². The number of nitriles is 1. The maximum atomic E-state index is 12.3. The van der Waals surface area contributed by atoms with E-state index in [0.29, 0.717) is 13.0 Å². The molecule has 0 saturated carbocycles. The van der Waals surface area contributed by atoms with E-state index in [1.165, 1.54) is 0 Å². The lowest BCUT2D eigenvalue weighted by atomic mass is 10.1. The first-order valence-corrected chi connectivity index (χ1v) is 9.04. The average Bonchev–Trinajstić information content (AvgIpc) is 2.72. The molecule has 29 heavy (non-hydrogen) atoms. The number of hydrogen-bond donors (Lipinski definition) is 2. The molecule has 0 atom stereocenters. The molecule has 0 fully saturated rings. The molecule has 0 bridgehead atoms. The van der Waals surface area contributed by atoms with Crippen LogP contribution in [0.25, 0.3) is 6.08 Å².